The third-order valence-corrected chi connectivity index (χ3v) is 12.5. The first-order chi connectivity index (χ1) is 34.0. The number of hydrogen-bond donors (Lipinski definition) is 0. The highest BCUT2D eigenvalue weighted by molar-refractivity contribution is 5.71. The molecule has 1 unspecified atom stereocenters. The van der Waals surface area contributed by atoms with E-state index in [9.17, 15) is 14.4 Å². The zero-order valence-corrected chi connectivity index (χ0v) is 45.3. The molecule has 0 aliphatic heterocycles. The van der Waals surface area contributed by atoms with Gasteiger partial charge in [0, 0.05) is 19.3 Å². The normalized spacial score (nSPS) is 12.7. The van der Waals surface area contributed by atoms with E-state index in [2.05, 4.69) is 75.5 Å². The van der Waals surface area contributed by atoms with Gasteiger partial charge in [-0.05, 0) is 89.9 Å². The fourth-order valence-corrected chi connectivity index (χ4v) is 8.09. The third kappa shape index (κ3) is 55.4. The second-order valence-corrected chi connectivity index (χ2v) is 19.3. The Morgan fingerprint density at radius 3 is 0.986 bits per heavy atom. The molecule has 0 saturated carbocycles. The van der Waals surface area contributed by atoms with E-state index in [0.29, 0.717) is 19.3 Å². The number of carbonyl (C=O) groups is 3. The van der Waals surface area contributed by atoms with Crippen LogP contribution >= 0.6 is 0 Å². The minimum absolute atomic E-state index is 0.0926. The van der Waals surface area contributed by atoms with Gasteiger partial charge in [0.15, 0.2) is 6.10 Å². The van der Waals surface area contributed by atoms with Crippen molar-refractivity contribution in [2.75, 3.05) is 13.2 Å². The molecule has 0 heterocycles. The Kier molecular flexibility index (Phi) is 54.3. The molecule has 6 heteroatoms. The molecule has 0 saturated heterocycles. The highest BCUT2D eigenvalue weighted by Gasteiger charge is 2.19. The Hall–Kier alpha value is -3.41. The maximum atomic E-state index is 12.9. The van der Waals surface area contributed by atoms with Crippen LogP contribution in [0.3, 0.4) is 0 Å². The number of hydrogen-bond acceptors (Lipinski definition) is 6. The van der Waals surface area contributed by atoms with Crippen molar-refractivity contribution >= 4 is 17.9 Å². The molecule has 0 aromatic heterocycles. The molecule has 0 aromatic rings. The first kappa shape index (κ1) is 65.6. The van der Waals surface area contributed by atoms with Crippen molar-refractivity contribution < 1.29 is 28.6 Å². The van der Waals surface area contributed by atoms with Gasteiger partial charge in [0.05, 0.1) is 0 Å². The quantitative estimate of drug-likeness (QED) is 0.0199. The van der Waals surface area contributed by atoms with E-state index in [0.717, 1.165) is 70.6 Å². The molecule has 1 atom stereocenters. The molecule has 0 radical (unpaired) electrons. The summed E-state index contributed by atoms with van der Waals surface area (Å²) < 4.78 is 16.8. The van der Waals surface area contributed by atoms with Crippen molar-refractivity contribution in [2.24, 2.45) is 0 Å². The number of esters is 3. The summed E-state index contributed by atoms with van der Waals surface area (Å²) in [5.41, 5.74) is 0. The Bertz CT molecular complexity index is 1330. The van der Waals surface area contributed by atoms with E-state index >= 15 is 0 Å². The zero-order chi connectivity index (χ0) is 50.0. The van der Waals surface area contributed by atoms with Gasteiger partial charge in [0.1, 0.15) is 13.2 Å². The Labute approximate surface area is 426 Å². The summed E-state index contributed by atoms with van der Waals surface area (Å²) in [5.74, 6) is -0.934. The Balaban J connectivity index is 4.40. The van der Waals surface area contributed by atoms with Crippen LogP contribution in [0.25, 0.3) is 0 Å². The number of unbranched alkanes of at least 4 members (excludes halogenated alkanes) is 31. The molecule has 0 N–H and O–H groups in total. The predicted octanol–water partition coefficient (Wildman–Crippen LogP) is 19.5. The second-order valence-electron chi connectivity index (χ2n) is 19.3. The number of allylic oxidation sites excluding steroid dienone is 14. The lowest BCUT2D eigenvalue weighted by Crippen LogP contribution is -2.30. The molecule has 0 bridgehead atoms. The van der Waals surface area contributed by atoms with Crippen molar-refractivity contribution in [1.29, 1.82) is 0 Å². The van der Waals surface area contributed by atoms with Gasteiger partial charge in [-0.1, -0.05) is 254 Å². The van der Waals surface area contributed by atoms with Crippen molar-refractivity contribution in [3.63, 3.8) is 0 Å². The van der Waals surface area contributed by atoms with E-state index in [1.807, 2.05) is 30.4 Å². The van der Waals surface area contributed by atoms with Gasteiger partial charge in [-0.2, -0.15) is 0 Å². The summed E-state index contributed by atoms with van der Waals surface area (Å²) in [4.78, 5) is 38.2. The molecule has 69 heavy (non-hydrogen) atoms. The van der Waals surface area contributed by atoms with Crippen LogP contribution in [0.4, 0.5) is 0 Å². The van der Waals surface area contributed by atoms with Gasteiger partial charge in [0.25, 0.3) is 0 Å². The summed E-state index contributed by atoms with van der Waals surface area (Å²) in [6.07, 6.45) is 74.3. The van der Waals surface area contributed by atoms with E-state index in [1.165, 1.54) is 167 Å². The van der Waals surface area contributed by atoms with Gasteiger partial charge in [0.2, 0.25) is 0 Å². The van der Waals surface area contributed by atoms with E-state index in [1.54, 1.807) is 0 Å². The van der Waals surface area contributed by atoms with Crippen molar-refractivity contribution in [1.82, 2.24) is 0 Å². The second kappa shape index (κ2) is 57.2. The molecular weight excluding hydrogens is 853 g/mol. The topological polar surface area (TPSA) is 78.9 Å². The zero-order valence-electron chi connectivity index (χ0n) is 45.3. The molecule has 0 rings (SSSR count). The fourth-order valence-electron chi connectivity index (χ4n) is 8.09. The highest BCUT2D eigenvalue weighted by Crippen LogP contribution is 2.15. The number of carbonyl (C=O) groups excluding carboxylic acids is 3. The van der Waals surface area contributed by atoms with Crippen LogP contribution in [0.15, 0.2) is 85.1 Å². The lowest BCUT2D eigenvalue weighted by Gasteiger charge is -2.18. The van der Waals surface area contributed by atoms with Crippen LogP contribution in [-0.2, 0) is 28.6 Å². The van der Waals surface area contributed by atoms with Crippen LogP contribution in [0.1, 0.15) is 278 Å². The number of rotatable bonds is 52. The molecule has 0 aromatic carbocycles. The monoisotopic (exact) mass is 961 g/mol. The van der Waals surface area contributed by atoms with Gasteiger partial charge in [-0.3, -0.25) is 14.4 Å². The molecule has 0 aliphatic rings. The summed E-state index contributed by atoms with van der Waals surface area (Å²) >= 11 is 0. The van der Waals surface area contributed by atoms with Gasteiger partial charge < -0.3 is 14.2 Å². The Morgan fingerprint density at radius 2 is 0.580 bits per heavy atom. The van der Waals surface area contributed by atoms with Crippen molar-refractivity contribution in [3.8, 4) is 0 Å². The average molecular weight is 962 g/mol. The average Bonchev–Trinajstić information content (AvgIpc) is 3.35. The summed E-state index contributed by atoms with van der Waals surface area (Å²) in [6, 6.07) is 0. The fraction of sp³-hybridized carbons (Fsp3) is 0.730. The lowest BCUT2D eigenvalue weighted by molar-refractivity contribution is -0.167. The SMILES string of the molecule is CC\C=C/C=C\C=C/C=C\CCCCCC(=O)OCC(COC(=O)CCCCCCCCCCCC/C=C\C=C/CCCCC)OC(=O)CCCCCCCCC/C=C\CCCCCCCCCC. The highest BCUT2D eigenvalue weighted by atomic mass is 16.6. The van der Waals surface area contributed by atoms with Crippen LogP contribution in [0.2, 0.25) is 0 Å². The molecule has 0 aliphatic carbocycles. The summed E-state index contributed by atoms with van der Waals surface area (Å²) in [7, 11) is 0. The standard InChI is InChI=1S/C63H108O6/c1-4-7-10-13-16-19-22-25-27-29-31-33-35-38-41-44-47-50-53-56-62(65)68-59-60(58-67-61(64)55-52-49-46-43-40-37-24-21-18-15-12-9-6-3)69-63(66)57-54-51-48-45-42-39-36-34-32-30-28-26-23-20-17-14-11-8-5-2/h9,12,15-16,18-19,21-22,24-25,30,32,37,40,60H,4-8,10-11,13-14,17,20,23,26-29,31,33-36,38-39,41-59H2,1-3H3/b12-9-,18-15-,19-16-,24-21-,25-22-,32-30-,40-37-. The molecular formula is C63H108O6. The van der Waals surface area contributed by atoms with Crippen molar-refractivity contribution in [2.45, 2.75) is 284 Å². The van der Waals surface area contributed by atoms with Gasteiger partial charge >= 0.3 is 17.9 Å². The Morgan fingerprint density at radius 1 is 0.304 bits per heavy atom. The first-order valence-corrected chi connectivity index (χ1v) is 29.2. The van der Waals surface area contributed by atoms with E-state index in [4.69, 9.17) is 14.2 Å². The van der Waals surface area contributed by atoms with Gasteiger partial charge in [-0.15, -0.1) is 0 Å². The molecule has 0 spiro atoms. The minimum Gasteiger partial charge on any atom is -0.462 e. The van der Waals surface area contributed by atoms with Crippen LogP contribution in [0, 0.1) is 0 Å². The minimum atomic E-state index is -0.797. The van der Waals surface area contributed by atoms with Crippen LogP contribution in [-0.4, -0.2) is 37.2 Å². The molecule has 396 valence electrons. The lowest BCUT2D eigenvalue weighted by atomic mass is 10.1. The summed E-state index contributed by atoms with van der Waals surface area (Å²) in [6.45, 7) is 6.45. The predicted molar refractivity (Wildman–Crippen MR) is 297 cm³/mol. The molecule has 0 amide bonds. The molecule has 6 nitrogen and oxygen atoms in total. The van der Waals surface area contributed by atoms with E-state index < -0.39 is 6.10 Å². The number of ether oxygens (including phenoxy) is 3. The maximum absolute atomic E-state index is 12.9. The van der Waals surface area contributed by atoms with Gasteiger partial charge in [-0.25, -0.2) is 0 Å². The largest absolute Gasteiger partial charge is 0.462 e. The first-order valence-electron chi connectivity index (χ1n) is 29.2. The summed E-state index contributed by atoms with van der Waals surface area (Å²) in [5, 5.41) is 0. The van der Waals surface area contributed by atoms with E-state index in [-0.39, 0.29) is 31.1 Å². The third-order valence-electron chi connectivity index (χ3n) is 12.5. The van der Waals surface area contributed by atoms with Crippen LogP contribution in [0.5, 0.6) is 0 Å². The molecule has 0 fully saturated rings. The van der Waals surface area contributed by atoms with Crippen molar-refractivity contribution in [3.05, 3.63) is 85.1 Å². The smallest absolute Gasteiger partial charge is 0.306 e. The van der Waals surface area contributed by atoms with Crippen LogP contribution < -0.4 is 0 Å². The maximum Gasteiger partial charge on any atom is 0.306 e.